The van der Waals surface area contributed by atoms with Crippen LogP contribution in [-0.2, 0) is 40.0 Å². The Morgan fingerprint density at radius 1 is 0.960 bits per heavy atom. The first-order valence-corrected chi connectivity index (χ1v) is 18.4. The van der Waals surface area contributed by atoms with Gasteiger partial charge in [0, 0.05) is 39.0 Å². The lowest BCUT2D eigenvalue weighted by molar-refractivity contribution is -0.144. The summed E-state index contributed by atoms with van der Waals surface area (Å²) in [5.41, 5.74) is 4.31. The minimum atomic E-state index is -0.773. The lowest BCUT2D eigenvalue weighted by Gasteiger charge is -2.35. The largest absolute Gasteiger partial charge is 0.377 e. The van der Waals surface area contributed by atoms with E-state index in [1.807, 2.05) is 57.5 Å². The van der Waals surface area contributed by atoms with Crippen LogP contribution < -0.4 is 21.3 Å². The van der Waals surface area contributed by atoms with Crippen molar-refractivity contribution in [1.29, 1.82) is 0 Å². The third-order valence-electron chi connectivity index (χ3n) is 8.41. The molecule has 1 aromatic carbocycles. The van der Waals surface area contributed by atoms with E-state index < -0.39 is 17.5 Å². The fourth-order valence-electron chi connectivity index (χ4n) is 5.62. The Bertz CT molecular complexity index is 1380. The number of likely N-dealkylation sites (tertiary alicyclic amines) is 1. The Kier molecular flexibility index (Phi) is 17.3. The SMILES string of the molecule is Cc1ncsc1-c1ccc(CNC(=O)C2CCCN2C(=O)C(NC(=O)CCCCCC(=O)NCCOCCOCCNC=O)C(C)(C)C)cc1. The van der Waals surface area contributed by atoms with Crippen molar-refractivity contribution in [3.8, 4) is 10.4 Å². The molecule has 1 aromatic heterocycles. The van der Waals surface area contributed by atoms with Crippen molar-refractivity contribution in [2.75, 3.05) is 46.1 Å². The average molecular weight is 715 g/mol. The first-order valence-electron chi connectivity index (χ1n) is 17.5. The molecule has 4 N–H and O–H groups in total. The number of unbranched alkanes of at least 4 members (excludes halogenated alkanes) is 2. The number of rotatable bonds is 22. The molecule has 2 heterocycles. The molecule has 13 nitrogen and oxygen atoms in total. The minimum absolute atomic E-state index is 0.0725. The molecule has 14 heteroatoms. The van der Waals surface area contributed by atoms with Gasteiger partial charge in [0.1, 0.15) is 12.1 Å². The summed E-state index contributed by atoms with van der Waals surface area (Å²) in [5.74, 6) is -0.731. The van der Waals surface area contributed by atoms with Crippen LogP contribution in [0.2, 0.25) is 0 Å². The van der Waals surface area contributed by atoms with Crippen LogP contribution in [0.15, 0.2) is 29.8 Å². The van der Waals surface area contributed by atoms with Crippen LogP contribution in [0.4, 0.5) is 0 Å². The molecule has 2 unspecified atom stereocenters. The summed E-state index contributed by atoms with van der Waals surface area (Å²) in [5, 5.41) is 11.3. The predicted molar refractivity (Wildman–Crippen MR) is 192 cm³/mol. The highest BCUT2D eigenvalue weighted by atomic mass is 32.1. The molecule has 0 spiro atoms. The summed E-state index contributed by atoms with van der Waals surface area (Å²) < 4.78 is 10.7. The molecule has 2 atom stereocenters. The number of aromatic nitrogens is 1. The molecular formula is C36H54N6O7S. The summed E-state index contributed by atoms with van der Waals surface area (Å²) in [6.07, 6.45) is 4.44. The van der Waals surface area contributed by atoms with Crippen LogP contribution in [0, 0.1) is 12.3 Å². The highest BCUT2D eigenvalue weighted by molar-refractivity contribution is 7.13. The molecule has 50 heavy (non-hydrogen) atoms. The number of nitrogens with zero attached hydrogens (tertiary/aromatic N) is 2. The number of aryl methyl sites for hydroxylation is 1. The third kappa shape index (κ3) is 13.8. The van der Waals surface area contributed by atoms with Crippen molar-refractivity contribution in [3.05, 3.63) is 41.0 Å². The maximum atomic E-state index is 13.8. The number of thiazole rings is 1. The summed E-state index contributed by atoms with van der Waals surface area (Å²) in [6, 6.07) is 6.68. The van der Waals surface area contributed by atoms with E-state index in [-0.39, 0.29) is 30.0 Å². The van der Waals surface area contributed by atoms with Crippen LogP contribution >= 0.6 is 11.3 Å². The summed E-state index contributed by atoms with van der Waals surface area (Å²) in [7, 11) is 0. The van der Waals surface area contributed by atoms with Gasteiger partial charge in [-0.1, -0.05) is 51.5 Å². The van der Waals surface area contributed by atoms with Gasteiger partial charge in [0.15, 0.2) is 0 Å². The Morgan fingerprint density at radius 3 is 2.28 bits per heavy atom. The predicted octanol–water partition coefficient (Wildman–Crippen LogP) is 3.10. The molecule has 0 radical (unpaired) electrons. The van der Waals surface area contributed by atoms with Gasteiger partial charge in [-0.05, 0) is 49.1 Å². The van der Waals surface area contributed by atoms with Crippen LogP contribution in [0.25, 0.3) is 10.4 Å². The van der Waals surface area contributed by atoms with E-state index in [0.29, 0.717) is 91.1 Å². The lowest BCUT2D eigenvalue weighted by atomic mass is 9.85. The molecule has 5 amide bonds. The molecule has 0 aliphatic carbocycles. The van der Waals surface area contributed by atoms with Gasteiger partial charge in [0.25, 0.3) is 0 Å². The number of nitrogens with one attached hydrogen (secondary N) is 4. The lowest BCUT2D eigenvalue weighted by Crippen LogP contribution is -2.57. The molecule has 0 bridgehead atoms. The number of hydrogen-bond donors (Lipinski definition) is 4. The van der Waals surface area contributed by atoms with E-state index in [4.69, 9.17) is 9.47 Å². The van der Waals surface area contributed by atoms with Crippen LogP contribution in [-0.4, -0.2) is 98.1 Å². The Balaban J connectivity index is 1.35. The smallest absolute Gasteiger partial charge is 0.246 e. The topological polar surface area (TPSA) is 168 Å². The number of benzene rings is 1. The standard InChI is InChI=1S/C36H54N6O7S/c1-26-32(50-25-40-26)28-14-12-27(13-15-28)23-39-34(46)29-9-8-18-42(29)35(47)33(36(2,3)4)41-31(45)11-7-5-6-10-30(44)38-17-20-49-22-21-48-19-16-37-24-43/h12-15,24-25,29,33H,5-11,16-23H2,1-4H3,(H,37,43)(H,38,44)(H,39,46)(H,41,45). The van der Waals surface area contributed by atoms with E-state index in [0.717, 1.165) is 28.1 Å². The van der Waals surface area contributed by atoms with E-state index in [1.54, 1.807) is 16.2 Å². The van der Waals surface area contributed by atoms with Crippen molar-refractivity contribution in [3.63, 3.8) is 0 Å². The Labute approximate surface area is 299 Å². The van der Waals surface area contributed by atoms with Crippen LogP contribution in [0.3, 0.4) is 0 Å². The van der Waals surface area contributed by atoms with E-state index in [9.17, 15) is 24.0 Å². The molecule has 2 aromatic rings. The molecule has 1 aliphatic heterocycles. The monoisotopic (exact) mass is 714 g/mol. The number of amides is 5. The Hall–Kier alpha value is -3.88. The molecule has 276 valence electrons. The summed E-state index contributed by atoms with van der Waals surface area (Å²) in [4.78, 5) is 69.3. The van der Waals surface area contributed by atoms with Gasteiger partial charge in [0.05, 0.1) is 42.5 Å². The van der Waals surface area contributed by atoms with Gasteiger partial charge < -0.3 is 35.6 Å². The second kappa shape index (κ2) is 21.4. The molecule has 3 rings (SSSR count). The summed E-state index contributed by atoms with van der Waals surface area (Å²) in [6.45, 7) is 11.0. The maximum absolute atomic E-state index is 13.8. The highest BCUT2D eigenvalue weighted by Gasteiger charge is 2.41. The normalized spacial score (nSPS) is 15.0. The van der Waals surface area contributed by atoms with Gasteiger partial charge in [-0.2, -0.15) is 0 Å². The fourth-order valence-corrected chi connectivity index (χ4v) is 6.43. The molecule has 1 saturated heterocycles. The second-order valence-corrected chi connectivity index (χ2v) is 14.3. The maximum Gasteiger partial charge on any atom is 0.246 e. The first-order chi connectivity index (χ1) is 24.0. The minimum Gasteiger partial charge on any atom is -0.377 e. The number of carbonyl (C=O) groups is 5. The van der Waals surface area contributed by atoms with Crippen molar-refractivity contribution in [2.45, 2.75) is 91.3 Å². The highest BCUT2D eigenvalue weighted by Crippen LogP contribution is 2.28. The number of hydrogen-bond acceptors (Lipinski definition) is 9. The molecule has 1 aliphatic rings. The quantitative estimate of drug-likeness (QED) is 0.107. The van der Waals surface area contributed by atoms with Crippen molar-refractivity contribution >= 4 is 41.4 Å². The second-order valence-electron chi connectivity index (χ2n) is 13.4. The van der Waals surface area contributed by atoms with Gasteiger partial charge in [0.2, 0.25) is 30.0 Å². The van der Waals surface area contributed by atoms with E-state index in [2.05, 4.69) is 26.3 Å². The van der Waals surface area contributed by atoms with Crippen LogP contribution in [0.1, 0.15) is 77.0 Å². The number of carbonyl (C=O) groups excluding carboxylic acids is 5. The van der Waals surface area contributed by atoms with Gasteiger partial charge in [-0.15, -0.1) is 11.3 Å². The number of ether oxygens (including phenoxy) is 2. The van der Waals surface area contributed by atoms with E-state index >= 15 is 0 Å². The van der Waals surface area contributed by atoms with Gasteiger partial charge in [-0.25, -0.2) is 4.98 Å². The first kappa shape index (κ1) is 40.5. The van der Waals surface area contributed by atoms with Crippen LogP contribution in [0.5, 0.6) is 0 Å². The van der Waals surface area contributed by atoms with Crippen molar-refractivity contribution < 1.29 is 33.4 Å². The Morgan fingerprint density at radius 2 is 1.64 bits per heavy atom. The molecule has 1 fully saturated rings. The van der Waals surface area contributed by atoms with E-state index in [1.165, 1.54) is 0 Å². The fraction of sp³-hybridized carbons (Fsp3) is 0.611. The molecule has 0 saturated carbocycles. The zero-order valence-electron chi connectivity index (χ0n) is 29.9. The average Bonchev–Trinajstić information content (AvgIpc) is 3.76. The van der Waals surface area contributed by atoms with Gasteiger partial charge in [-0.3, -0.25) is 24.0 Å². The summed E-state index contributed by atoms with van der Waals surface area (Å²) >= 11 is 1.60. The molecular weight excluding hydrogens is 660 g/mol. The van der Waals surface area contributed by atoms with Gasteiger partial charge >= 0.3 is 0 Å². The van der Waals surface area contributed by atoms with Crippen molar-refractivity contribution in [1.82, 2.24) is 31.2 Å². The zero-order valence-corrected chi connectivity index (χ0v) is 30.7. The van der Waals surface area contributed by atoms with Crippen molar-refractivity contribution in [2.24, 2.45) is 5.41 Å². The third-order valence-corrected chi connectivity index (χ3v) is 9.39. The zero-order chi connectivity index (χ0) is 36.4.